The maximum absolute atomic E-state index is 11.5. The molecule has 0 aromatic heterocycles. The Labute approximate surface area is 165 Å². The molecule has 0 heterocycles. The molecule has 0 atom stereocenters. The summed E-state index contributed by atoms with van der Waals surface area (Å²) in [7, 11) is 0. The van der Waals surface area contributed by atoms with Gasteiger partial charge in [0, 0.05) is 17.7 Å². The summed E-state index contributed by atoms with van der Waals surface area (Å²) in [5, 5.41) is 15.7. The third-order valence-electron chi connectivity index (χ3n) is 4.12. The highest BCUT2D eigenvalue weighted by Crippen LogP contribution is 2.34. The Morgan fingerprint density at radius 3 is 2.32 bits per heavy atom. The van der Waals surface area contributed by atoms with Crippen LogP contribution in [0.2, 0.25) is 0 Å². The van der Waals surface area contributed by atoms with Gasteiger partial charge in [-0.15, -0.1) is 0 Å². The van der Waals surface area contributed by atoms with Crippen LogP contribution in [-0.2, 0) is 0 Å². The van der Waals surface area contributed by atoms with Gasteiger partial charge >= 0.3 is 5.69 Å². The molecule has 0 aliphatic heterocycles. The summed E-state index contributed by atoms with van der Waals surface area (Å²) in [6, 6.07) is 8.93. The summed E-state index contributed by atoms with van der Waals surface area (Å²) in [5.41, 5.74) is 6.55. The number of anilines is 1. The molecule has 0 aliphatic carbocycles. The first kappa shape index (κ1) is 21.2. The lowest BCUT2D eigenvalue weighted by Crippen LogP contribution is -2.04. The molecule has 0 bridgehead atoms. The molecule has 2 aromatic carbocycles. The maximum Gasteiger partial charge on any atom is 0.311 e. The summed E-state index contributed by atoms with van der Waals surface area (Å²) < 4.78 is 11.3. The van der Waals surface area contributed by atoms with E-state index in [4.69, 9.17) is 9.47 Å². The maximum atomic E-state index is 11.5. The largest absolute Gasteiger partial charge is 0.493 e. The molecule has 7 nitrogen and oxygen atoms in total. The monoisotopic (exact) mass is 385 g/mol. The van der Waals surface area contributed by atoms with Crippen LogP contribution < -0.4 is 14.9 Å². The number of benzene rings is 2. The molecule has 0 spiro atoms. The van der Waals surface area contributed by atoms with Crippen molar-refractivity contribution in [1.29, 1.82) is 0 Å². The van der Waals surface area contributed by atoms with E-state index in [1.807, 2.05) is 45.9 Å². The SMILES string of the molecule is CCCOc1cc(OCCC)c([N+](=O)[O-])cc1C=NNc1ccc(C)c(C)c1. The first-order valence-electron chi connectivity index (χ1n) is 9.40. The second kappa shape index (κ2) is 10.3. The van der Waals surface area contributed by atoms with Crippen LogP contribution in [-0.4, -0.2) is 24.4 Å². The van der Waals surface area contributed by atoms with Crippen molar-refractivity contribution in [1.82, 2.24) is 0 Å². The second-order valence-electron chi connectivity index (χ2n) is 6.48. The third-order valence-corrected chi connectivity index (χ3v) is 4.12. The van der Waals surface area contributed by atoms with E-state index in [1.54, 1.807) is 6.07 Å². The van der Waals surface area contributed by atoms with Gasteiger partial charge in [-0.25, -0.2) is 0 Å². The number of hydrazone groups is 1. The number of nitrogens with one attached hydrogen (secondary N) is 1. The van der Waals surface area contributed by atoms with E-state index in [1.165, 1.54) is 17.8 Å². The van der Waals surface area contributed by atoms with Crippen molar-refractivity contribution >= 4 is 17.6 Å². The molecule has 0 radical (unpaired) electrons. The van der Waals surface area contributed by atoms with Gasteiger partial charge in [-0.3, -0.25) is 15.5 Å². The Bertz CT molecular complexity index is 850. The molecule has 150 valence electrons. The van der Waals surface area contributed by atoms with Crippen LogP contribution in [0.1, 0.15) is 43.4 Å². The molecule has 28 heavy (non-hydrogen) atoms. The van der Waals surface area contributed by atoms with Crippen molar-refractivity contribution < 1.29 is 14.4 Å². The number of nitrogens with zero attached hydrogens (tertiary/aromatic N) is 2. The minimum atomic E-state index is -0.456. The predicted molar refractivity (Wildman–Crippen MR) is 112 cm³/mol. The summed E-state index contributed by atoms with van der Waals surface area (Å²) in [5.74, 6) is 0.710. The highest BCUT2D eigenvalue weighted by molar-refractivity contribution is 5.86. The van der Waals surface area contributed by atoms with E-state index >= 15 is 0 Å². The topological polar surface area (TPSA) is 86.0 Å². The van der Waals surface area contributed by atoms with Gasteiger partial charge in [-0.1, -0.05) is 19.9 Å². The van der Waals surface area contributed by atoms with Gasteiger partial charge in [-0.05, 0) is 49.9 Å². The van der Waals surface area contributed by atoms with E-state index < -0.39 is 4.92 Å². The van der Waals surface area contributed by atoms with E-state index in [0.29, 0.717) is 24.5 Å². The number of ether oxygens (including phenoxy) is 2. The molecular weight excluding hydrogens is 358 g/mol. The predicted octanol–water partition coefficient (Wildman–Crippen LogP) is 5.24. The zero-order chi connectivity index (χ0) is 20.5. The quantitative estimate of drug-likeness (QED) is 0.343. The fourth-order valence-corrected chi connectivity index (χ4v) is 2.46. The zero-order valence-electron chi connectivity index (χ0n) is 16.8. The number of rotatable bonds is 10. The molecule has 0 saturated carbocycles. The molecule has 2 aromatic rings. The standard InChI is InChI=1S/C21H27N3O4/c1-5-9-27-20-13-21(28-10-6-2)19(24(25)26)12-17(20)14-22-23-18-8-7-15(3)16(4)11-18/h7-8,11-14,23H,5-6,9-10H2,1-4H3. The molecule has 0 unspecified atom stereocenters. The van der Waals surface area contributed by atoms with Gasteiger partial charge in [0.05, 0.1) is 30.0 Å². The lowest BCUT2D eigenvalue weighted by Gasteiger charge is -2.12. The third kappa shape index (κ3) is 5.70. The van der Waals surface area contributed by atoms with Crippen LogP contribution in [0.5, 0.6) is 11.5 Å². The van der Waals surface area contributed by atoms with E-state index in [-0.39, 0.29) is 11.4 Å². The minimum Gasteiger partial charge on any atom is -0.493 e. The highest BCUT2D eigenvalue weighted by atomic mass is 16.6. The van der Waals surface area contributed by atoms with E-state index in [2.05, 4.69) is 10.5 Å². The Balaban J connectivity index is 2.31. The molecule has 1 N–H and O–H groups in total. The van der Waals surface area contributed by atoms with Gasteiger partial charge < -0.3 is 9.47 Å². The normalized spacial score (nSPS) is 10.9. The average Bonchev–Trinajstić information content (AvgIpc) is 2.67. The zero-order valence-corrected chi connectivity index (χ0v) is 16.8. The number of nitro benzene ring substituents is 1. The lowest BCUT2D eigenvalue weighted by molar-refractivity contribution is -0.385. The summed E-state index contributed by atoms with van der Waals surface area (Å²) in [6.45, 7) is 8.90. The van der Waals surface area contributed by atoms with Crippen molar-refractivity contribution in [2.24, 2.45) is 5.10 Å². The fraction of sp³-hybridized carbons (Fsp3) is 0.381. The van der Waals surface area contributed by atoms with Crippen LogP contribution in [0.15, 0.2) is 35.4 Å². The fourth-order valence-electron chi connectivity index (χ4n) is 2.46. The van der Waals surface area contributed by atoms with E-state index in [9.17, 15) is 10.1 Å². The van der Waals surface area contributed by atoms with Crippen molar-refractivity contribution in [3.8, 4) is 11.5 Å². The average molecular weight is 385 g/mol. The molecule has 0 aliphatic rings. The summed E-state index contributed by atoms with van der Waals surface area (Å²) in [4.78, 5) is 11.0. The van der Waals surface area contributed by atoms with Crippen LogP contribution in [0, 0.1) is 24.0 Å². The molecule has 2 rings (SSSR count). The van der Waals surface area contributed by atoms with Gasteiger partial charge in [-0.2, -0.15) is 5.10 Å². The van der Waals surface area contributed by atoms with Gasteiger partial charge in [0.2, 0.25) is 5.75 Å². The molecule has 0 fully saturated rings. The number of hydrogen-bond acceptors (Lipinski definition) is 6. The van der Waals surface area contributed by atoms with Crippen LogP contribution in [0.4, 0.5) is 11.4 Å². The van der Waals surface area contributed by atoms with Gasteiger partial charge in [0.25, 0.3) is 0 Å². The van der Waals surface area contributed by atoms with Gasteiger partial charge in [0.15, 0.2) is 0 Å². The van der Waals surface area contributed by atoms with Crippen molar-refractivity contribution in [3.63, 3.8) is 0 Å². The Morgan fingerprint density at radius 2 is 1.71 bits per heavy atom. The number of nitro groups is 1. The first-order valence-corrected chi connectivity index (χ1v) is 9.40. The van der Waals surface area contributed by atoms with E-state index in [0.717, 1.165) is 24.1 Å². The lowest BCUT2D eigenvalue weighted by atomic mass is 10.1. The Morgan fingerprint density at radius 1 is 1.04 bits per heavy atom. The van der Waals surface area contributed by atoms with Crippen LogP contribution in [0.3, 0.4) is 0 Å². The second-order valence-corrected chi connectivity index (χ2v) is 6.48. The minimum absolute atomic E-state index is 0.107. The van der Waals surface area contributed by atoms with Crippen molar-refractivity contribution in [3.05, 3.63) is 57.1 Å². The molecule has 0 amide bonds. The van der Waals surface area contributed by atoms with Crippen molar-refractivity contribution in [2.45, 2.75) is 40.5 Å². The van der Waals surface area contributed by atoms with Crippen LogP contribution in [0.25, 0.3) is 0 Å². The molecular formula is C21H27N3O4. The molecule has 7 heteroatoms. The Hall–Kier alpha value is -3.09. The first-order chi connectivity index (χ1) is 13.5. The summed E-state index contributed by atoms with van der Waals surface area (Å²) >= 11 is 0. The smallest absolute Gasteiger partial charge is 0.311 e. The van der Waals surface area contributed by atoms with Gasteiger partial charge in [0.1, 0.15) is 5.75 Å². The number of aryl methyl sites for hydroxylation is 2. The molecule has 0 saturated heterocycles. The summed E-state index contributed by atoms with van der Waals surface area (Å²) in [6.07, 6.45) is 3.10. The van der Waals surface area contributed by atoms with Crippen molar-refractivity contribution in [2.75, 3.05) is 18.6 Å². The van der Waals surface area contributed by atoms with Crippen LogP contribution >= 0.6 is 0 Å². The highest BCUT2D eigenvalue weighted by Gasteiger charge is 2.20. The number of hydrogen-bond donors (Lipinski definition) is 1. The Kier molecular flexibility index (Phi) is 7.80.